The maximum Gasteiger partial charge on any atom is 0.245 e. The highest BCUT2D eigenvalue weighted by Crippen LogP contribution is 2.25. The zero-order valence-corrected chi connectivity index (χ0v) is 11.6. The van der Waals surface area contributed by atoms with Gasteiger partial charge in [0, 0.05) is 29.1 Å². The van der Waals surface area contributed by atoms with Gasteiger partial charge in [0.25, 0.3) is 0 Å². The molecule has 2 atom stereocenters. The Hall–Kier alpha value is -0.360. The summed E-state index contributed by atoms with van der Waals surface area (Å²) in [6.45, 7) is 2.88. The molecule has 0 aromatic heterocycles. The average molecular weight is 274 g/mol. The highest BCUT2D eigenvalue weighted by atomic mass is 32.2. The van der Waals surface area contributed by atoms with Crippen LogP contribution in [0.3, 0.4) is 0 Å². The van der Waals surface area contributed by atoms with Crippen LogP contribution in [0.25, 0.3) is 0 Å². The molecule has 0 aromatic rings. The van der Waals surface area contributed by atoms with Crippen LogP contribution >= 0.6 is 23.5 Å². The molecule has 2 heterocycles. The van der Waals surface area contributed by atoms with Gasteiger partial charge in [0.15, 0.2) is 0 Å². The number of nitrogens with one attached hydrogen (secondary N) is 1. The second-order valence-corrected chi connectivity index (χ2v) is 6.87. The van der Waals surface area contributed by atoms with Crippen LogP contribution < -0.4 is 5.32 Å². The predicted molar refractivity (Wildman–Crippen MR) is 72.4 cm³/mol. The fourth-order valence-corrected chi connectivity index (χ4v) is 4.78. The van der Waals surface area contributed by atoms with E-state index in [2.05, 4.69) is 5.32 Å². The van der Waals surface area contributed by atoms with E-state index in [4.69, 9.17) is 0 Å². The molecule has 6 heteroatoms. The fraction of sp³-hybridized carbons (Fsp3) is 0.818. The van der Waals surface area contributed by atoms with Gasteiger partial charge in [-0.15, -0.1) is 0 Å². The summed E-state index contributed by atoms with van der Waals surface area (Å²) in [7, 11) is 0. The number of thioether (sulfide) groups is 2. The van der Waals surface area contributed by atoms with E-state index in [1.807, 2.05) is 30.4 Å². The molecule has 2 rings (SSSR count). The molecule has 0 bridgehead atoms. The van der Waals surface area contributed by atoms with Gasteiger partial charge in [-0.05, 0) is 6.42 Å². The Morgan fingerprint density at radius 2 is 2.24 bits per heavy atom. The lowest BCUT2D eigenvalue weighted by atomic mass is 10.1. The molecule has 2 unspecified atom stereocenters. The Kier molecular flexibility index (Phi) is 4.62. The summed E-state index contributed by atoms with van der Waals surface area (Å²) in [5.74, 6) is 3.51. The lowest BCUT2D eigenvalue weighted by molar-refractivity contribution is -0.144. The Morgan fingerprint density at radius 3 is 2.88 bits per heavy atom. The van der Waals surface area contributed by atoms with Crippen LogP contribution in [0.2, 0.25) is 0 Å². The smallest absolute Gasteiger partial charge is 0.245 e. The van der Waals surface area contributed by atoms with Crippen molar-refractivity contribution < 1.29 is 9.59 Å². The molecule has 0 aliphatic carbocycles. The maximum absolute atomic E-state index is 12.1. The van der Waals surface area contributed by atoms with E-state index in [0.717, 1.165) is 18.1 Å². The molecule has 2 fully saturated rings. The van der Waals surface area contributed by atoms with Crippen molar-refractivity contribution in [2.24, 2.45) is 0 Å². The van der Waals surface area contributed by atoms with Gasteiger partial charge < -0.3 is 10.2 Å². The minimum atomic E-state index is -0.308. The molecule has 2 amide bonds. The summed E-state index contributed by atoms with van der Waals surface area (Å²) in [6, 6.07) is -0.308. The van der Waals surface area contributed by atoms with Crippen LogP contribution in [-0.4, -0.2) is 58.4 Å². The van der Waals surface area contributed by atoms with E-state index in [1.165, 1.54) is 5.75 Å². The van der Waals surface area contributed by atoms with Gasteiger partial charge in [-0.2, -0.15) is 23.5 Å². The Labute approximate surface area is 110 Å². The summed E-state index contributed by atoms with van der Waals surface area (Å²) in [6.07, 6.45) is 0.674. The van der Waals surface area contributed by atoms with Gasteiger partial charge in [-0.1, -0.05) is 6.92 Å². The third-order valence-electron chi connectivity index (χ3n) is 3.00. The minimum Gasteiger partial charge on any atom is -0.343 e. The van der Waals surface area contributed by atoms with Crippen LogP contribution in [0.5, 0.6) is 0 Å². The Balaban J connectivity index is 1.93. The summed E-state index contributed by atoms with van der Waals surface area (Å²) >= 11 is 3.86. The number of carbonyl (C=O) groups is 2. The van der Waals surface area contributed by atoms with Crippen LogP contribution in [0, 0.1) is 0 Å². The molecule has 2 aliphatic rings. The van der Waals surface area contributed by atoms with Gasteiger partial charge >= 0.3 is 0 Å². The Bertz CT molecular complexity index is 306. The zero-order chi connectivity index (χ0) is 12.3. The molecule has 17 heavy (non-hydrogen) atoms. The van der Waals surface area contributed by atoms with Crippen LogP contribution in [0.1, 0.15) is 13.3 Å². The van der Waals surface area contributed by atoms with E-state index in [0.29, 0.717) is 11.7 Å². The molecule has 96 valence electrons. The van der Waals surface area contributed by atoms with Crippen molar-refractivity contribution in [3.63, 3.8) is 0 Å². The second kappa shape index (κ2) is 6.00. The highest BCUT2D eigenvalue weighted by molar-refractivity contribution is 8.06. The van der Waals surface area contributed by atoms with Crippen molar-refractivity contribution in [2.45, 2.75) is 24.6 Å². The van der Waals surface area contributed by atoms with E-state index in [1.54, 1.807) is 4.90 Å². The molecule has 0 saturated carbocycles. The largest absolute Gasteiger partial charge is 0.343 e. The van der Waals surface area contributed by atoms with Crippen molar-refractivity contribution >= 4 is 35.3 Å². The molecule has 2 saturated heterocycles. The Morgan fingerprint density at radius 1 is 1.41 bits per heavy atom. The number of nitrogens with zero attached hydrogens (tertiary/aromatic N) is 1. The lowest BCUT2D eigenvalue weighted by Crippen LogP contribution is -2.59. The topological polar surface area (TPSA) is 49.4 Å². The molecule has 2 aliphatic heterocycles. The average Bonchev–Trinajstić information content (AvgIpc) is 2.34. The third kappa shape index (κ3) is 3.31. The number of rotatable bonds is 3. The number of hydrogen-bond acceptors (Lipinski definition) is 4. The number of amides is 2. The quantitative estimate of drug-likeness (QED) is 0.817. The normalized spacial score (nSPS) is 30.3. The van der Waals surface area contributed by atoms with Gasteiger partial charge in [0.2, 0.25) is 11.8 Å². The van der Waals surface area contributed by atoms with E-state index in [-0.39, 0.29) is 24.4 Å². The van der Waals surface area contributed by atoms with Crippen molar-refractivity contribution in [3.8, 4) is 0 Å². The molecular weight excluding hydrogens is 256 g/mol. The van der Waals surface area contributed by atoms with Gasteiger partial charge in [0.1, 0.15) is 6.04 Å². The summed E-state index contributed by atoms with van der Waals surface area (Å²) in [5.41, 5.74) is 0. The molecule has 1 N–H and O–H groups in total. The number of hydrogen-bond donors (Lipinski definition) is 1. The molecule has 0 radical (unpaired) electrons. The summed E-state index contributed by atoms with van der Waals surface area (Å²) in [5, 5.41) is 3.23. The van der Waals surface area contributed by atoms with Crippen molar-refractivity contribution in [3.05, 3.63) is 0 Å². The first kappa shape index (κ1) is 13.1. The summed E-state index contributed by atoms with van der Waals surface area (Å²) in [4.78, 5) is 25.3. The highest BCUT2D eigenvalue weighted by Gasteiger charge is 2.32. The predicted octanol–water partition coefficient (Wildman–Crippen LogP) is 0.572. The van der Waals surface area contributed by atoms with Crippen molar-refractivity contribution in [1.82, 2.24) is 10.2 Å². The van der Waals surface area contributed by atoms with Crippen molar-refractivity contribution in [2.75, 3.05) is 30.3 Å². The zero-order valence-electron chi connectivity index (χ0n) is 9.98. The fourth-order valence-electron chi connectivity index (χ4n) is 2.09. The second-order valence-electron chi connectivity index (χ2n) is 4.31. The van der Waals surface area contributed by atoms with Crippen LogP contribution in [-0.2, 0) is 9.59 Å². The van der Waals surface area contributed by atoms with E-state index >= 15 is 0 Å². The van der Waals surface area contributed by atoms with Crippen LogP contribution in [0.4, 0.5) is 0 Å². The van der Waals surface area contributed by atoms with Crippen LogP contribution in [0.15, 0.2) is 0 Å². The van der Waals surface area contributed by atoms with E-state index < -0.39 is 0 Å². The van der Waals surface area contributed by atoms with Gasteiger partial charge in [-0.3, -0.25) is 9.59 Å². The first-order valence-corrected chi connectivity index (χ1v) is 8.18. The first-order valence-electron chi connectivity index (χ1n) is 5.98. The van der Waals surface area contributed by atoms with E-state index in [9.17, 15) is 9.59 Å². The molecular formula is C11H18N2O2S2. The molecule has 0 spiro atoms. The molecule has 4 nitrogen and oxygen atoms in total. The minimum absolute atomic E-state index is 0.0232. The molecule has 0 aromatic carbocycles. The number of carbonyl (C=O) groups excluding carboxylic acids is 2. The van der Waals surface area contributed by atoms with Gasteiger partial charge in [-0.25, -0.2) is 0 Å². The summed E-state index contributed by atoms with van der Waals surface area (Å²) < 4.78 is 0. The monoisotopic (exact) mass is 274 g/mol. The lowest BCUT2D eigenvalue weighted by Gasteiger charge is -2.35. The van der Waals surface area contributed by atoms with Crippen molar-refractivity contribution in [1.29, 1.82) is 0 Å². The van der Waals surface area contributed by atoms with Gasteiger partial charge in [0.05, 0.1) is 6.54 Å². The first-order chi connectivity index (χ1) is 8.20. The third-order valence-corrected chi connectivity index (χ3v) is 5.82. The number of piperazine rings is 1. The maximum atomic E-state index is 12.1. The SMILES string of the molecule is CCC1NC(=O)CN(CC2CSCCS2)C1=O. The standard InChI is InChI=1S/C11H18N2O2S2/c1-2-9-11(15)13(6-10(14)12-9)5-8-7-16-3-4-17-8/h8-9H,2-7H2,1H3,(H,12,14).